The van der Waals surface area contributed by atoms with Crippen LogP contribution in [-0.2, 0) is 11.3 Å². The number of nitrogens with zero attached hydrogens (tertiary/aromatic N) is 3. The highest BCUT2D eigenvalue weighted by atomic mass is 32.2. The molecule has 1 heterocycles. The number of allylic oxidation sites excluding steroid dienone is 1. The van der Waals surface area contributed by atoms with Crippen LogP contribution in [0.4, 0.5) is 5.82 Å². The molecule has 7 heteroatoms. The average Bonchev–Trinajstić information content (AvgIpc) is 2.50. The summed E-state index contributed by atoms with van der Waals surface area (Å²) in [5, 5.41) is 9.21. The average molecular weight is 324 g/mol. The number of aliphatic hydroxyl groups is 1. The zero-order valence-electron chi connectivity index (χ0n) is 13.4. The highest BCUT2D eigenvalue weighted by molar-refractivity contribution is 8.03. The van der Waals surface area contributed by atoms with Crippen molar-refractivity contribution < 1.29 is 9.90 Å². The van der Waals surface area contributed by atoms with Gasteiger partial charge in [0.05, 0.1) is 6.54 Å². The lowest BCUT2D eigenvalue weighted by atomic mass is 10.2. The minimum absolute atomic E-state index is 0.0614. The third-order valence-corrected chi connectivity index (χ3v) is 4.60. The maximum absolute atomic E-state index is 11.4. The first-order chi connectivity index (χ1) is 10.5. The first kappa shape index (κ1) is 18.4. The molecule has 0 atom stereocenters. The van der Waals surface area contributed by atoms with Crippen LogP contribution in [0.2, 0.25) is 0 Å². The fourth-order valence-corrected chi connectivity index (χ4v) is 2.91. The molecule has 0 saturated heterocycles. The standard InChI is InChI=1S/C15H24N4O2S/c1-4-7-22-14(5-6-20)11(2)19(10-21)9-13-8-17-12(3)18-15(13)16/h8,10,20H,4-7,9H2,1-3H3,(H2,16,17,18)/b14-11-. The van der Waals surface area contributed by atoms with Gasteiger partial charge in [-0.2, -0.15) is 0 Å². The van der Waals surface area contributed by atoms with Crippen LogP contribution >= 0.6 is 11.8 Å². The van der Waals surface area contributed by atoms with Crippen LogP contribution in [0.1, 0.15) is 38.1 Å². The molecule has 6 nitrogen and oxygen atoms in total. The molecule has 1 amide bonds. The molecule has 0 aliphatic rings. The molecule has 1 aromatic heterocycles. The van der Waals surface area contributed by atoms with Crippen molar-refractivity contribution in [2.24, 2.45) is 0 Å². The van der Waals surface area contributed by atoms with E-state index in [1.807, 2.05) is 6.92 Å². The number of carbonyl (C=O) groups excluding carboxylic acids is 1. The van der Waals surface area contributed by atoms with Crippen molar-refractivity contribution in [2.75, 3.05) is 18.1 Å². The third-order valence-electron chi connectivity index (χ3n) is 3.14. The molecular formula is C15H24N4O2S. The summed E-state index contributed by atoms with van der Waals surface area (Å²) in [5.41, 5.74) is 7.43. The van der Waals surface area contributed by atoms with Gasteiger partial charge in [-0.25, -0.2) is 9.97 Å². The first-order valence-corrected chi connectivity index (χ1v) is 8.25. The van der Waals surface area contributed by atoms with Gasteiger partial charge >= 0.3 is 0 Å². The number of anilines is 1. The lowest BCUT2D eigenvalue weighted by Gasteiger charge is -2.22. The largest absolute Gasteiger partial charge is 0.396 e. The van der Waals surface area contributed by atoms with Crippen LogP contribution in [-0.4, -0.2) is 38.7 Å². The van der Waals surface area contributed by atoms with Gasteiger partial charge in [-0.1, -0.05) is 6.92 Å². The number of aromatic nitrogens is 2. The van der Waals surface area contributed by atoms with Crippen molar-refractivity contribution in [3.8, 4) is 0 Å². The first-order valence-electron chi connectivity index (χ1n) is 7.26. The van der Waals surface area contributed by atoms with E-state index in [1.54, 1.807) is 29.8 Å². The minimum Gasteiger partial charge on any atom is -0.396 e. The van der Waals surface area contributed by atoms with E-state index < -0.39 is 0 Å². The maximum Gasteiger partial charge on any atom is 0.214 e. The predicted molar refractivity (Wildman–Crippen MR) is 89.9 cm³/mol. The monoisotopic (exact) mass is 324 g/mol. The number of nitrogen functional groups attached to an aromatic ring is 1. The number of hydrogen-bond donors (Lipinski definition) is 2. The van der Waals surface area contributed by atoms with Crippen LogP contribution in [0, 0.1) is 6.92 Å². The Kier molecular flexibility index (Phi) is 7.90. The van der Waals surface area contributed by atoms with Gasteiger partial charge in [-0.15, -0.1) is 11.8 Å². The smallest absolute Gasteiger partial charge is 0.214 e. The number of carbonyl (C=O) groups is 1. The van der Waals surface area contributed by atoms with Gasteiger partial charge in [0.1, 0.15) is 11.6 Å². The van der Waals surface area contributed by atoms with E-state index in [4.69, 9.17) is 5.73 Å². The van der Waals surface area contributed by atoms with Crippen LogP contribution < -0.4 is 5.73 Å². The summed E-state index contributed by atoms with van der Waals surface area (Å²) < 4.78 is 0. The second-order valence-corrected chi connectivity index (χ2v) is 6.08. The Labute approximate surface area is 135 Å². The molecule has 0 radical (unpaired) electrons. The van der Waals surface area contributed by atoms with Gasteiger partial charge in [0.15, 0.2) is 0 Å². The van der Waals surface area contributed by atoms with E-state index in [1.165, 1.54) is 0 Å². The SMILES string of the molecule is CCCS/C(CCO)=C(/C)N(C=O)Cc1cnc(C)nc1N. The van der Waals surface area contributed by atoms with E-state index in [0.29, 0.717) is 30.2 Å². The highest BCUT2D eigenvalue weighted by Gasteiger charge is 2.13. The van der Waals surface area contributed by atoms with Crippen LogP contribution in [0.25, 0.3) is 0 Å². The Morgan fingerprint density at radius 3 is 2.82 bits per heavy atom. The number of nitrogens with two attached hydrogens (primary N) is 1. The number of aliphatic hydroxyl groups excluding tert-OH is 1. The number of rotatable bonds is 9. The summed E-state index contributed by atoms with van der Waals surface area (Å²) in [6, 6.07) is 0. The summed E-state index contributed by atoms with van der Waals surface area (Å²) in [6.45, 7) is 6.13. The molecule has 0 spiro atoms. The predicted octanol–water partition coefficient (Wildman–Crippen LogP) is 2.08. The zero-order chi connectivity index (χ0) is 16.5. The Morgan fingerprint density at radius 2 is 2.27 bits per heavy atom. The second kappa shape index (κ2) is 9.42. The van der Waals surface area contributed by atoms with Crippen molar-refractivity contribution in [2.45, 2.75) is 40.2 Å². The topological polar surface area (TPSA) is 92.3 Å². The van der Waals surface area contributed by atoms with Crippen molar-refractivity contribution in [1.82, 2.24) is 14.9 Å². The van der Waals surface area contributed by atoms with E-state index in [0.717, 1.165) is 29.2 Å². The molecule has 0 fully saturated rings. The molecule has 1 aromatic rings. The summed E-state index contributed by atoms with van der Waals surface area (Å²) in [7, 11) is 0. The van der Waals surface area contributed by atoms with E-state index in [9.17, 15) is 9.90 Å². The molecule has 0 unspecified atom stereocenters. The summed E-state index contributed by atoms with van der Waals surface area (Å²) in [4.78, 5) is 22.3. The van der Waals surface area contributed by atoms with E-state index >= 15 is 0 Å². The summed E-state index contributed by atoms with van der Waals surface area (Å²) in [6.07, 6.45) is 4.00. The van der Waals surface area contributed by atoms with Gasteiger partial charge in [0, 0.05) is 35.4 Å². The van der Waals surface area contributed by atoms with Crippen molar-refractivity contribution >= 4 is 24.0 Å². The molecule has 122 valence electrons. The molecule has 3 N–H and O–H groups in total. The number of amides is 1. The van der Waals surface area contributed by atoms with Crippen LogP contribution in [0.5, 0.6) is 0 Å². The fourth-order valence-electron chi connectivity index (χ4n) is 1.90. The molecular weight excluding hydrogens is 300 g/mol. The van der Waals surface area contributed by atoms with Crippen molar-refractivity contribution in [1.29, 1.82) is 0 Å². The third kappa shape index (κ3) is 5.31. The Bertz CT molecular complexity index is 534. The maximum atomic E-state index is 11.4. The molecule has 0 saturated carbocycles. The van der Waals surface area contributed by atoms with Crippen LogP contribution in [0.3, 0.4) is 0 Å². The van der Waals surface area contributed by atoms with E-state index in [2.05, 4.69) is 16.9 Å². The van der Waals surface area contributed by atoms with Gasteiger partial charge in [-0.05, 0) is 26.0 Å². The van der Waals surface area contributed by atoms with Gasteiger partial charge in [0.2, 0.25) is 6.41 Å². The Hall–Kier alpha value is -1.60. The van der Waals surface area contributed by atoms with E-state index in [-0.39, 0.29) is 6.61 Å². The molecule has 0 bridgehead atoms. The highest BCUT2D eigenvalue weighted by Crippen LogP contribution is 2.26. The Balaban J connectivity index is 2.98. The fraction of sp³-hybridized carbons (Fsp3) is 0.533. The number of thioether (sulfide) groups is 1. The van der Waals surface area contributed by atoms with Crippen LogP contribution in [0.15, 0.2) is 16.8 Å². The quantitative estimate of drug-likeness (QED) is 0.676. The van der Waals surface area contributed by atoms with Crippen molar-refractivity contribution in [3.63, 3.8) is 0 Å². The zero-order valence-corrected chi connectivity index (χ0v) is 14.2. The molecule has 22 heavy (non-hydrogen) atoms. The summed E-state index contributed by atoms with van der Waals surface area (Å²) in [5.74, 6) is 1.94. The lowest BCUT2D eigenvalue weighted by molar-refractivity contribution is -0.116. The number of aryl methyl sites for hydroxylation is 1. The van der Waals surface area contributed by atoms with Gasteiger partial charge in [-0.3, -0.25) is 4.79 Å². The second-order valence-electron chi connectivity index (χ2n) is 4.89. The molecule has 0 aliphatic heterocycles. The molecule has 0 aromatic carbocycles. The molecule has 1 rings (SSSR count). The van der Waals surface area contributed by atoms with Gasteiger partial charge < -0.3 is 15.7 Å². The minimum atomic E-state index is 0.0614. The lowest BCUT2D eigenvalue weighted by Crippen LogP contribution is -2.22. The Morgan fingerprint density at radius 1 is 1.55 bits per heavy atom. The normalized spacial score (nSPS) is 12.0. The van der Waals surface area contributed by atoms with Gasteiger partial charge in [0.25, 0.3) is 0 Å². The van der Waals surface area contributed by atoms with Crippen molar-refractivity contribution in [3.05, 3.63) is 28.2 Å². The number of hydrogen-bond acceptors (Lipinski definition) is 6. The summed E-state index contributed by atoms with van der Waals surface area (Å²) >= 11 is 1.67. The molecule has 0 aliphatic carbocycles.